The summed E-state index contributed by atoms with van der Waals surface area (Å²) in [4.78, 5) is 14.6. The zero-order chi connectivity index (χ0) is 18.2. The van der Waals surface area contributed by atoms with Gasteiger partial charge in [0.15, 0.2) is 0 Å². The van der Waals surface area contributed by atoms with Crippen molar-refractivity contribution in [2.24, 2.45) is 0 Å². The zero-order valence-electron chi connectivity index (χ0n) is 14.6. The van der Waals surface area contributed by atoms with E-state index in [1.807, 2.05) is 37.3 Å². The van der Waals surface area contributed by atoms with E-state index in [9.17, 15) is 13.2 Å². The van der Waals surface area contributed by atoms with Crippen LogP contribution in [0.15, 0.2) is 47.4 Å². The number of carbonyl (C=O) groups excluding carboxylic acids is 1. The molecule has 1 atom stereocenters. The topological polar surface area (TPSA) is 66.5 Å². The third kappa shape index (κ3) is 3.45. The van der Waals surface area contributed by atoms with Gasteiger partial charge >= 0.3 is 0 Å². The molecule has 0 saturated heterocycles. The largest absolute Gasteiger partial charge is 0.310 e. The molecule has 132 valence electrons. The van der Waals surface area contributed by atoms with Gasteiger partial charge in [0.25, 0.3) is 0 Å². The van der Waals surface area contributed by atoms with E-state index in [2.05, 4.69) is 4.72 Å². The minimum absolute atomic E-state index is 0.208. The number of anilines is 1. The number of amides is 1. The quantitative estimate of drug-likeness (QED) is 0.913. The molecule has 0 bridgehead atoms. The predicted octanol–water partition coefficient (Wildman–Crippen LogP) is 2.56. The van der Waals surface area contributed by atoms with E-state index >= 15 is 0 Å². The molecule has 0 unspecified atom stereocenters. The molecular weight excluding hydrogens is 336 g/mol. The third-order valence-electron chi connectivity index (χ3n) is 4.48. The zero-order valence-corrected chi connectivity index (χ0v) is 15.4. The molecule has 1 aliphatic heterocycles. The molecule has 2 aromatic rings. The summed E-state index contributed by atoms with van der Waals surface area (Å²) in [5.41, 5.74) is 3.64. The first-order valence-corrected chi connectivity index (χ1v) is 9.77. The monoisotopic (exact) mass is 358 g/mol. The lowest BCUT2D eigenvalue weighted by Crippen LogP contribution is -2.46. The average Bonchev–Trinajstić information content (AvgIpc) is 2.97. The Bertz CT molecular complexity index is 922. The molecule has 1 aliphatic rings. The van der Waals surface area contributed by atoms with Gasteiger partial charge in [-0.1, -0.05) is 35.9 Å². The Morgan fingerprint density at radius 3 is 2.60 bits per heavy atom. The lowest BCUT2D eigenvalue weighted by molar-refractivity contribution is -0.119. The summed E-state index contributed by atoms with van der Waals surface area (Å²) in [6, 6.07) is 12.0. The molecule has 1 heterocycles. The Balaban J connectivity index is 1.80. The van der Waals surface area contributed by atoms with Crippen molar-refractivity contribution in [3.8, 4) is 0 Å². The van der Waals surface area contributed by atoms with Gasteiger partial charge in [-0.3, -0.25) is 4.79 Å². The lowest BCUT2D eigenvalue weighted by Gasteiger charge is -2.22. The first-order valence-electron chi connectivity index (χ1n) is 8.28. The molecule has 25 heavy (non-hydrogen) atoms. The molecule has 0 aliphatic carbocycles. The maximum atomic E-state index is 12.8. The van der Waals surface area contributed by atoms with Crippen LogP contribution in [0.3, 0.4) is 0 Å². The molecule has 0 fully saturated rings. The number of aryl methyl sites for hydroxylation is 2. The summed E-state index contributed by atoms with van der Waals surface area (Å²) >= 11 is 0. The summed E-state index contributed by atoms with van der Waals surface area (Å²) < 4.78 is 27.8. The molecule has 1 N–H and O–H groups in total. The molecule has 3 rings (SSSR count). The number of hydrogen-bond donors (Lipinski definition) is 1. The van der Waals surface area contributed by atoms with Crippen molar-refractivity contribution in [3.63, 3.8) is 0 Å². The van der Waals surface area contributed by atoms with Crippen LogP contribution >= 0.6 is 0 Å². The molecular formula is C19H22N2O3S. The van der Waals surface area contributed by atoms with Crippen molar-refractivity contribution in [2.75, 3.05) is 11.4 Å². The number of fused-ring (bicyclic) bond motifs is 1. The minimum Gasteiger partial charge on any atom is -0.310 e. The number of para-hydroxylation sites is 1. The lowest BCUT2D eigenvalue weighted by atomic mass is 10.2. The fraction of sp³-hybridized carbons (Fsp3) is 0.316. The molecule has 1 amide bonds. The first kappa shape index (κ1) is 17.6. The van der Waals surface area contributed by atoms with Crippen LogP contribution in [-0.2, 0) is 21.2 Å². The van der Waals surface area contributed by atoms with Gasteiger partial charge in [-0.25, -0.2) is 8.42 Å². The van der Waals surface area contributed by atoms with Gasteiger partial charge in [-0.2, -0.15) is 4.72 Å². The van der Waals surface area contributed by atoms with Crippen LogP contribution in [0.1, 0.15) is 23.6 Å². The Morgan fingerprint density at radius 1 is 1.16 bits per heavy atom. The van der Waals surface area contributed by atoms with Gasteiger partial charge in [-0.15, -0.1) is 0 Å². The Morgan fingerprint density at radius 2 is 1.88 bits per heavy atom. The second-order valence-electron chi connectivity index (χ2n) is 6.48. The minimum atomic E-state index is -3.76. The second-order valence-corrected chi connectivity index (χ2v) is 8.16. The highest BCUT2D eigenvalue weighted by atomic mass is 32.2. The van der Waals surface area contributed by atoms with Crippen LogP contribution in [0.4, 0.5) is 5.69 Å². The summed E-state index contributed by atoms with van der Waals surface area (Å²) in [5.74, 6) is -0.238. The van der Waals surface area contributed by atoms with Crippen molar-refractivity contribution >= 4 is 21.6 Å². The molecule has 6 heteroatoms. The van der Waals surface area contributed by atoms with E-state index in [1.165, 1.54) is 0 Å². The fourth-order valence-corrected chi connectivity index (χ4v) is 4.67. The van der Waals surface area contributed by atoms with Crippen LogP contribution in [0, 0.1) is 13.8 Å². The Labute approximate surface area is 148 Å². The van der Waals surface area contributed by atoms with Crippen molar-refractivity contribution in [2.45, 2.75) is 38.1 Å². The summed E-state index contributed by atoms with van der Waals surface area (Å²) in [6.07, 6.45) is 0.790. The maximum Gasteiger partial charge on any atom is 0.244 e. The molecule has 2 aromatic carbocycles. The number of hydrogen-bond acceptors (Lipinski definition) is 3. The van der Waals surface area contributed by atoms with Gasteiger partial charge in [0.05, 0.1) is 10.9 Å². The van der Waals surface area contributed by atoms with Gasteiger partial charge < -0.3 is 4.90 Å². The van der Waals surface area contributed by atoms with Gasteiger partial charge in [0.2, 0.25) is 15.9 Å². The maximum absolute atomic E-state index is 12.8. The third-order valence-corrected chi connectivity index (χ3v) is 6.18. The second kappa shape index (κ2) is 6.61. The average molecular weight is 358 g/mol. The number of nitrogens with one attached hydrogen (secondary N) is 1. The SMILES string of the molecule is Cc1ccc(S(=O)(=O)N[C@@H](C)C(=O)N2CCc3ccccc32)c(C)c1. The van der Waals surface area contributed by atoms with E-state index in [0.29, 0.717) is 12.1 Å². The van der Waals surface area contributed by atoms with Crippen LogP contribution in [0.5, 0.6) is 0 Å². The first-order chi connectivity index (χ1) is 11.8. The number of sulfonamides is 1. The van der Waals surface area contributed by atoms with Gasteiger partial charge in [0.1, 0.15) is 0 Å². The van der Waals surface area contributed by atoms with E-state index < -0.39 is 16.1 Å². The number of nitrogens with zero attached hydrogens (tertiary/aromatic N) is 1. The van der Waals surface area contributed by atoms with Crippen LogP contribution in [0.2, 0.25) is 0 Å². The van der Waals surface area contributed by atoms with E-state index in [-0.39, 0.29) is 10.8 Å². The normalized spacial score (nSPS) is 15.1. The number of rotatable bonds is 4. The van der Waals surface area contributed by atoms with Crippen LogP contribution < -0.4 is 9.62 Å². The molecule has 5 nitrogen and oxygen atoms in total. The Hall–Kier alpha value is -2.18. The highest BCUT2D eigenvalue weighted by Gasteiger charge is 2.30. The Kier molecular flexibility index (Phi) is 4.67. The number of benzene rings is 2. The number of carbonyl (C=O) groups is 1. The van der Waals surface area contributed by atoms with Gasteiger partial charge in [0, 0.05) is 12.2 Å². The molecule has 0 spiro atoms. The van der Waals surface area contributed by atoms with Crippen molar-refractivity contribution < 1.29 is 13.2 Å². The van der Waals surface area contributed by atoms with Gasteiger partial charge in [-0.05, 0) is 50.5 Å². The van der Waals surface area contributed by atoms with E-state index in [1.54, 1.807) is 30.9 Å². The molecule has 0 radical (unpaired) electrons. The van der Waals surface area contributed by atoms with Crippen molar-refractivity contribution in [3.05, 3.63) is 59.2 Å². The molecule has 0 saturated carbocycles. The van der Waals surface area contributed by atoms with Crippen molar-refractivity contribution in [1.82, 2.24) is 4.72 Å². The van der Waals surface area contributed by atoms with Crippen molar-refractivity contribution in [1.29, 1.82) is 0 Å². The van der Waals surface area contributed by atoms with E-state index in [0.717, 1.165) is 23.2 Å². The fourth-order valence-electron chi connectivity index (χ4n) is 3.25. The summed E-state index contributed by atoms with van der Waals surface area (Å²) in [7, 11) is -3.76. The highest BCUT2D eigenvalue weighted by molar-refractivity contribution is 7.89. The smallest absolute Gasteiger partial charge is 0.244 e. The van der Waals surface area contributed by atoms with Crippen LogP contribution in [-0.4, -0.2) is 26.9 Å². The summed E-state index contributed by atoms with van der Waals surface area (Å²) in [5, 5.41) is 0. The molecule has 0 aromatic heterocycles. The highest BCUT2D eigenvalue weighted by Crippen LogP contribution is 2.28. The van der Waals surface area contributed by atoms with E-state index in [4.69, 9.17) is 0 Å². The predicted molar refractivity (Wildman–Crippen MR) is 98.2 cm³/mol. The standard InChI is InChI=1S/C19H22N2O3S/c1-13-8-9-18(14(2)12-13)25(23,24)20-15(3)19(22)21-11-10-16-6-4-5-7-17(16)21/h4-9,12,15,20H,10-11H2,1-3H3/t15-/m0/s1. The van der Waals surface area contributed by atoms with Crippen LogP contribution in [0.25, 0.3) is 0 Å². The summed E-state index contributed by atoms with van der Waals surface area (Å²) in [6.45, 7) is 5.83.